The zero-order chi connectivity index (χ0) is 30.3. The van der Waals surface area contributed by atoms with Gasteiger partial charge in [0, 0.05) is 32.9 Å². The summed E-state index contributed by atoms with van der Waals surface area (Å²) in [6.45, 7) is 2.12. The van der Waals surface area contributed by atoms with Gasteiger partial charge in [-0.1, -0.05) is 96.9 Å². The highest BCUT2D eigenvalue weighted by Crippen LogP contribution is 2.42. The summed E-state index contributed by atoms with van der Waals surface area (Å²) in [5.74, 6) is 0. The van der Waals surface area contributed by atoms with Gasteiger partial charge in [0.1, 0.15) is 0 Å². The zero-order valence-corrected chi connectivity index (χ0v) is 21.3. The van der Waals surface area contributed by atoms with Gasteiger partial charge in [-0.3, -0.25) is 0 Å². The molecule has 2 heterocycles. The summed E-state index contributed by atoms with van der Waals surface area (Å²) in [5, 5.41) is 4.18. The van der Waals surface area contributed by atoms with Crippen LogP contribution in [0.1, 0.15) is 12.4 Å². The van der Waals surface area contributed by atoms with Gasteiger partial charge in [0.15, 0.2) is 0 Å². The number of benzene rings is 6. The van der Waals surface area contributed by atoms with Crippen LogP contribution in [0.3, 0.4) is 0 Å². The van der Waals surface area contributed by atoms with Crippen molar-refractivity contribution in [1.29, 1.82) is 0 Å². The Hall–Kier alpha value is -5.08. The number of fused-ring (bicyclic) bond motifs is 6. The Bertz CT molecular complexity index is 2370. The number of para-hydroxylation sites is 3. The van der Waals surface area contributed by atoms with Gasteiger partial charge in [-0.25, -0.2) is 0 Å². The molecule has 0 radical (unpaired) electrons. The first-order chi connectivity index (χ1) is 21.4. The Kier molecular flexibility index (Phi) is 3.79. The van der Waals surface area contributed by atoms with Crippen molar-refractivity contribution in [2.75, 3.05) is 0 Å². The van der Waals surface area contributed by atoms with Gasteiger partial charge in [-0.2, -0.15) is 0 Å². The topological polar surface area (TPSA) is 9.86 Å². The fraction of sp³-hybridized carbons (Fsp3) is 0.0270. The molecule has 0 aliphatic carbocycles. The van der Waals surface area contributed by atoms with E-state index in [9.17, 15) is 0 Å². The van der Waals surface area contributed by atoms with E-state index in [2.05, 4.69) is 88.9 Å². The predicted octanol–water partition coefficient (Wildman–Crippen LogP) is 9.86. The molecule has 2 heteroatoms. The van der Waals surface area contributed by atoms with Gasteiger partial charge in [-0.15, -0.1) is 0 Å². The standard InChI is InChI=1S/C37H26N2/c1-25-31(39-32-20-10-8-17-29(32)30-18-9-11-21-33(30)39)23-24-35-36(25)37-28(26-13-4-2-5-14-26)19-12-22-34(37)38(35)27-15-6-3-7-16-27/h2-24H,1H3/i2D,4D,5D,13D,14D. The first-order valence-corrected chi connectivity index (χ1v) is 13.1. The maximum atomic E-state index is 8.83. The van der Waals surface area contributed by atoms with E-state index in [0.29, 0.717) is 5.56 Å². The van der Waals surface area contributed by atoms with Crippen molar-refractivity contribution in [3.05, 3.63) is 145 Å². The van der Waals surface area contributed by atoms with Crippen LogP contribution in [0.2, 0.25) is 0 Å². The molecule has 6 aromatic carbocycles. The molecule has 0 saturated heterocycles. The Morgan fingerprint density at radius 1 is 0.513 bits per heavy atom. The van der Waals surface area contributed by atoms with Crippen LogP contribution in [0.5, 0.6) is 0 Å². The molecular weight excluding hydrogens is 472 g/mol. The van der Waals surface area contributed by atoms with Gasteiger partial charge in [0.25, 0.3) is 0 Å². The van der Waals surface area contributed by atoms with Crippen molar-refractivity contribution in [1.82, 2.24) is 9.13 Å². The first-order valence-electron chi connectivity index (χ1n) is 15.6. The minimum absolute atomic E-state index is 0.204. The first kappa shape index (κ1) is 17.4. The number of aryl methyl sites for hydroxylation is 1. The van der Waals surface area contributed by atoms with Crippen LogP contribution in [0.4, 0.5) is 0 Å². The van der Waals surface area contributed by atoms with E-state index in [1.54, 1.807) is 0 Å². The maximum absolute atomic E-state index is 8.83. The second kappa shape index (κ2) is 8.47. The fourth-order valence-corrected chi connectivity index (χ4v) is 6.18. The van der Waals surface area contributed by atoms with E-state index in [1.165, 1.54) is 10.8 Å². The van der Waals surface area contributed by atoms with Crippen LogP contribution in [-0.2, 0) is 0 Å². The molecule has 0 saturated carbocycles. The summed E-state index contributed by atoms with van der Waals surface area (Å²) in [5.41, 5.74) is 7.95. The van der Waals surface area contributed by atoms with Crippen molar-refractivity contribution >= 4 is 43.6 Å². The molecule has 0 N–H and O–H groups in total. The number of nitrogens with zero attached hydrogens (tertiary/aromatic N) is 2. The largest absolute Gasteiger partial charge is 0.309 e. The van der Waals surface area contributed by atoms with Crippen LogP contribution in [-0.4, -0.2) is 9.13 Å². The van der Waals surface area contributed by atoms with E-state index >= 15 is 0 Å². The van der Waals surface area contributed by atoms with Gasteiger partial charge in [0.2, 0.25) is 0 Å². The van der Waals surface area contributed by atoms with Crippen molar-refractivity contribution in [2.45, 2.75) is 6.92 Å². The monoisotopic (exact) mass is 503 g/mol. The van der Waals surface area contributed by atoms with Gasteiger partial charge in [-0.05, 0) is 66.1 Å². The lowest BCUT2D eigenvalue weighted by atomic mass is 9.97. The smallest absolute Gasteiger partial charge is 0.0629 e. The van der Waals surface area contributed by atoms with Crippen molar-refractivity contribution in [2.24, 2.45) is 0 Å². The van der Waals surface area contributed by atoms with E-state index in [-0.39, 0.29) is 29.7 Å². The molecule has 0 bridgehead atoms. The molecule has 0 unspecified atom stereocenters. The highest BCUT2D eigenvalue weighted by molar-refractivity contribution is 6.18. The molecule has 8 rings (SSSR count). The third kappa shape index (κ3) is 3.15. The van der Waals surface area contributed by atoms with E-state index < -0.39 is 6.04 Å². The quantitative estimate of drug-likeness (QED) is 0.227. The van der Waals surface area contributed by atoms with Gasteiger partial charge in [0.05, 0.1) is 28.9 Å². The second-order valence-corrected chi connectivity index (χ2v) is 9.84. The highest BCUT2D eigenvalue weighted by Gasteiger charge is 2.21. The third-order valence-corrected chi connectivity index (χ3v) is 7.79. The molecule has 2 aromatic heterocycles. The molecular formula is C37H26N2. The molecule has 0 fully saturated rings. The van der Waals surface area contributed by atoms with E-state index in [0.717, 1.165) is 49.8 Å². The van der Waals surface area contributed by atoms with Crippen LogP contribution in [0.15, 0.2) is 139 Å². The summed E-state index contributed by atoms with van der Waals surface area (Å²) >= 11 is 0. The Labute approximate surface area is 234 Å². The van der Waals surface area contributed by atoms with Crippen molar-refractivity contribution in [3.8, 4) is 22.5 Å². The molecule has 0 aliphatic heterocycles. The highest BCUT2D eigenvalue weighted by atomic mass is 15.0. The lowest BCUT2D eigenvalue weighted by Crippen LogP contribution is -1.98. The third-order valence-electron chi connectivity index (χ3n) is 7.79. The molecule has 2 nitrogen and oxygen atoms in total. The molecule has 0 amide bonds. The van der Waals surface area contributed by atoms with Gasteiger partial charge >= 0.3 is 0 Å². The van der Waals surface area contributed by atoms with E-state index in [1.807, 2.05) is 36.4 Å². The fourth-order valence-electron chi connectivity index (χ4n) is 6.18. The van der Waals surface area contributed by atoms with Crippen LogP contribution in [0.25, 0.3) is 66.1 Å². The number of aromatic nitrogens is 2. The summed E-state index contributed by atoms with van der Waals surface area (Å²) in [6.07, 6.45) is 0. The Morgan fingerprint density at radius 3 is 1.85 bits per heavy atom. The number of hydrogen-bond acceptors (Lipinski definition) is 0. The second-order valence-electron chi connectivity index (χ2n) is 9.84. The lowest BCUT2D eigenvalue weighted by molar-refractivity contribution is 1.15. The normalized spacial score (nSPS) is 13.5. The Balaban J connectivity index is 1.57. The summed E-state index contributed by atoms with van der Waals surface area (Å²) in [4.78, 5) is 0. The summed E-state index contributed by atoms with van der Waals surface area (Å²) in [6, 6.07) is 35.6. The molecule has 0 atom stereocenters. The summed E-state index contributed by atoms with van der Waals surface area (Å²) < 4.78 is 47.2. The number of hydrogen-bond donors (Lipinski definition) is 0. The van der Waals surface area contributed by atoms with Crippen LogP contribution >= 0.6 is 0 Å². The number of rotatable bonds is 3. The van der Waals surface area contributed by atoms with Crippen LogP contribution < -0.4 is 0 Å². The summed E-state index contributed by atoms with van der Waals surface area (Å²) in [7, 11) is 0. The average Bonchev–Trinajstić information content (AvgIpc) is 3.58. The maximum Gasteiger partial charge on any atom is 0.0629 e. The van der Waals surface area contributed by atoms with Gasteiger partial charge < -0.3 is 9.13 Å². The SMILES string of the molecule is [2H]c1c([2H])c([2H])c(-c2cccc3c2c2c(C)c(-n4c5ccccc5c5ccccc54)ccc2n3-c2ccccc2)c([2H])c1[2H]. The average molecular weight is 504 g/mol. The van der Waals surface area contributed by atoms with Crippen LogP contribution in [0, 0.1) is 6.92 Å². The Morgan fingerprint density at radius 2 is 1.13 bits per heavy atom. The lowest BCUT2D eigenvalue weighted by Gasteiger charge is -2.14. The molecule has 0 aliphatic rings. The minimum atomic E-state index is -0.396. The minimum Gasteiger partial charge on any atom is -0.309 e. The zero-order valence-electron chi connectivity index (χ0n) is 26.3. The molecule has 0 spiro atoms. The van der Waals surface area contributed by atoms with E-state index in [4.69, 9.17) is 6.85 Å². The molecule has 8 aromatic rings. The molecule has 184 valence electrons. The van der Waals surface area contributed by atoms with Crippen molar-refractivity contribution < 1.29 is 6.85 Å². The predicted molar refractivity (Wildman–Crippen MR) is 165 cm³/mol. The molecule has 39 heavy (non-hydrogen) atoms. The van der Waals surface area contributed by atoms with Crippen molar-refractivity contribution in [3.63, 3.8) is 0 Å².